The largest absolute Gasteiger partial charge is 0.497 e. The van der Waals surface area contributed by atoms with Crippen LogP contribution in [0.3, 0.4) is 0 Å². The molecular weight excluding hydrogens is 276 g/mol. The zero-order valence-electron chi connectivity index (χ0n) is 11.9. The smallest absolute Gasteiger partial charge is 0.237 e. The van der Waals surface area contributed by atoms with E-state index in [0.29, 0.717) is 19.8 Å². The van der Waals surface area contributed by atoms with E-state index in [1.54, 1.807) is 18.9 Å². The van der Waals surface area contributed by atoms with Gasteiger partial charge in [-0.3, -0.25) is 4.79 Å². The highest BCUT2D eigenvalue weighted by Gasteiger charge is 2.13. The molecule has 0 aliphatic carbocycles. The molecule has 1 amide bonds. The van der Waals surface area contributed by atoms with E-state index in [1.165, 1.54) is 0 Å². The van der Waals surface area contributed by atoms with Gasteiger partial charge in [0, 0.05) is 18.0 Å². The second kappa shape index (κ2) is 9.63. The molecule has 0 bridgehead atoms. The van der Waals surface area contributed by atoms with Gasteiger partial charge in [-0.15, -0.1) is 11.8 Å². The first-order valence-electron chi connectivity index (χ1n) is 6.51. The molecule has 0 spiro atoms. The van der Waals surface area contributed by atoms with E-state index in [4.69, 9.17) is 15.2 Å². The fraction of sp³-hybridized carbons (Fsp3) is 0.500. The average Bonchev–Trinajstić information content (AvgIpc) is 2.47. The van der Waals surface area contributed by atoms with E-state index < -0.39 is 0 Å². The molecule has 3 N–H and O–H groups in total. The Morgan fingerprint density at radius 3 is 2.65 bits per heavy atom. The zero-order chi connectivity index (χ0) is 14.8. The lowest BCUT2D eigenvalue weighted by atomic mass is 10.3. The predicted octanol–water partition coefficient (Wildman–Crippen LogP) is 1.73. The van der Waals surface area contributed by atoms with Gasteiger partial charge in [-0.1, -0.05) is 0 Å². The van der Waals surface area contributed by atoms with Gasteiger partial charge >= 0.3 is 0 Å². The Bertz CT molecular complexity index is 398. The molecule has 5 nitrogen and oxygen atoms in total. The molecule has 0 saturated heterocycles. The van der Waals surface area contributed by atoms with Crippen molar-refractivity contribution in [2.45, 2.75) is 12.2 Å². The molecule has 0 aromatic heterocycles. The molecule has 0 heterocycles. The van der Waals surface area contributed by atoms with Crippen molar-refractivity contribution in [1.82, 2.24) is 0 Å². The van der Waals surface area contributed by atoms with Crippen molar-refractivity contribution in [2.24, 2.45) is 5.73 Å². The molecule has 1 rings (SSSR count). The maximum absolute atomic E-state index is 12.0. The number of carbonyl (C=O) groups excluding carboxylic acids is 1. The molecule has 0 fully saturated rings. The molecular formula is C14H22N2O3S. The third kappa shape index (κ3) is 6.27. The lowest BCUT2D eigenvalue weighted by Crippen LogP contribution is -2.23. The third-order valence-electron chi connectivity index (χ3n) is 2.58. The number of anilines is 1. The van der Waals surface area contributed by atoms with Crippen LogP contribution in [0.1, 0.15) is 6.92 Å². The molecule has 112 valence electrons. The normalized spacial score (nSPS) is 11.9. The number of hydrogen-bond donors (Lipinski definition) is 2. The second-order valence-electron chi connectivity index (χ2n) is 4.13. The van der Waals surface area contributed by atoms with Gasteiger partial charge in [0.15, 0.2) is 0 Å². The van der Waals surface area contributed by atoms with E-state index in [-0.39, 0.29) is 11.2 Å². The Hall–Kier alpha value is -1.24. The van der Waals surface area contributed by atoms with Crippen LogP contribution in [0.25, 0.3) is 0 Å². The summed E-state index contributed by atoms with van der Waals surface area (Å²) >= 11 is 1.56. The summed E-state index contributed by atoms with van der Waals surface area (Å²) in [4.78, 5) is 12.0. The molecule has 0 aliphatic rings. The summed E-state index contributed by atoms with van der Waals surface area (Å²) in [6.07, 6.45) is 0. The number of methoxy groups -OCH3 is 1. The van der Waals surface area contributed by atoms with E-state index in [0.717, 1.165) is 17.2 Å². The number of nitrogens with one attached hydrogen (secondary N) is 1. The Labute approximate surface area is 124 Å². The van der Waals surface area contributed by atoms with Crippen molar-refractivity contribution in [3.63, 3.8) is 0 Å². The number of benzene rings is 1. The van der Waals surface area contributed by atoms with Crippen LogP contribution in [-0.2, 0) is 9.53 Å². The maximum atomic E-state index is 12.0. The average molecular weight is 298 g/mol. The number of hydrogen-bond acceptors (Lipinski definition) is 5. The topological polar surface area (TPSA) is 73.6 Å². The summed E-state index contributed by atoms with van der Waals surface area (Å²) in [5.74, 6) is 1.53. The minimum Gasteiger partial charge on any atom is -0.497 e. The molecule has 0 saturated carbocycles. The van der Waals surface area contributed by atoms with Crippen molar-refractivity contribution in [1.29, 1.82) is 0 Å². The molecule has 1 aromatic carbocycles. The van der Waals surface area contributed by atoms with Crippen molar-refractivity contribution in [3.8, 4) is 5.75 Å². The van der Waals surface area contributed by atoms with Crippen molar-refractivity contribution in [2.75, 3.05) is 37.9 Å². The lowest BCUT2D eigenvalue weighted by molar-refractivity contribution is -0.115. The molecule has 1 unspecified atom stereocenters. The third-order valence-corrected chi connectivity index (χ3v) is 3.70. The van der Waals surface area contributed by atoms with Crippen LogP contribution in [0.5, 0.6) is 5.75 Å². The summed E-state index contributed by atoms with van der Waals surface area (Å²) in [5, 5.41) is 2.74. The fourth-order valence-corrected chi connectivity index (χ4v) is 2.24. The number of ether oxygens (including phenoxy) is 2. The molecule has 0 radical (unpaired) electrons. The highest BCUT2D eigenvalue weighted by molar-refractivity contribution is 8.00. The van der Waals surface area contributed by atoms with Crippen LogP contribution in [0.2, 0.25) is 0 Å². The van der Waals surface area contributed by atoms with Crippen LogP contribution in [0, 0.1) is 0 Å². The Morgan fingerprint density at radius 2 is 2.05 bits per heavy atom. The van der Waals surface area contributed by atoms with Crippen molar-refractivity contribution in [3.05, 3.63) is 24.3 Å². The number of rotatable bonds is 9. The van der Waals surface area contributed by atoms with Crippen LogP contribution < -0.4 is 15.8 Å². The van der Waals surface area contributed by atoms with Gasteiger partial charge in [0.25, 0.3) is 0 Å². The summed E-state index contributed by atoms with van der Waals surface area (Å²) in [7, 11) is 1.61. The highest BCUT2D eigenvalue weighted by Crippen LogP contribution is 2.17. The molecule has 1 aromatic rings. The van der Waals surface area contributed by atoms with Gasteiger partial charge in [0.2, 0.25) is 5.91 Å². The molecule has 0 aliphatic heterocycles. The maximum Gasteiger partial charge on any atom is 0.237 e. The minimum absolute atomic E-state index is 0.0148. The first-order chi connectivity index (χ1) is 9.67. The SMILES string of the molecule is COc1ccc(NC(=O)C(C)SCCOCCN)cc1. The van der Waals surface area contributed by atoms with Crippen LogP contribution in [0.4, 0.5) is 5.69 Å². The molecule has 20 heavy (non-hydrogen) atoms. The van der Waals surface area contributed by atoms with Gasteiger partial charge in [-0.2, -0.15) is 0 Å². The predicted molar refractivity (Wildman–Crippen MR) is 83.4 cm³/mol. The minimum atomic E-state index is -0.126. The van der Waals surface area contributed by atoms with E-state index in [9.17, 15) is 4.79 Å². The summed E-state index contributed by atoms with van der Waals surface area (Å²) < 4.78 is 10.3. The summed E-state index contributed by atoms with van der Waals surface area (Å²) in [6.45, 7) is 3.58. The molecule has 1 atom stereocenters. The van der Waals surface area contributed by atoms with E-state index in [2.05, 4.69) is 5.32 Å². The van der Waals surface area contributed by atoms with Gasteiger partial charge in [0.05, 0.1) is 25.6 Å². The van der Waals surface area contributed by atoms with Gasteiger partial charge in [-0.05, 0) is 31.2 Å². The Morgan fingerprint density at radius 1 is 1.35 bits per heavy atom. The van der Waals surface area contributed by atoms with Gasteiger partial charge in [0.1, 0.15) is 5.75 Å². The van der Waals surface area contributed by atoms with Crippen LogP contribution in [0.15, 0.2) is 24.3 Å². The Balaban J connectivity index is 2.29. The summed E-state index contributed by atoms with van der Waals surface area (Å²) in [6, 6.07) is 7.26. The monoisotopic (exact) mass is 298 g/mol. The van der Waals surface area contributed by atoms with Gasteiger partial charge < -0.3 is 20.5 Å². The van der Waals surface area contributed by atoms with Crippen LogP contribution in [-0.4, -0.2) is 43.8 Å². The van der Waals surface area contributed by atoms with Crippen molar-refractivity contribution < 1.29 is 14.3 Å². The van der Waals surface area contributed by atoms with E-state index >= 15 is 0 Å². The zero-order valence-corrected chi connectivity index (χ0v) is 12.7. The van der Waals surface area contributed by atoms with E-state index in [1.807, 2.05) is 31.2 Å². The van der Waals surface area contributed by atoms with Gasteiger partial charge in [-0.25, -0.2) is 0 Å². The van der Waals surface area contributed by atoms with Crippen LogP contribution >= 0.6 is 11.8 Å². The van der Waals surface area contributed by atoms with Crippen molar-refractivity contribution >= 4 is 23.4 Å². The quantitative estimate of drug-likeness (QED) is 0.679. The first kappa shape index (κ1) is 16.8. The number of nitrogens with two attached hydrogens (primary N) is 1. The number of carbonyl (C=O) groups is 1. The standard InChI is InChI=1S/C14H22N2O3S/c1-11(20-10-9-19-8-7-15)14(17)16-12-3-5-13(18-2)6-4-12/h3-6,11H,7-10,15H2,1-2H3,(H,16,17). The number of amides is 1. The number of thioether (sulfide) groups is 1. The second-order valence-corrected chi connectivity index (χ2v) is 5.58. The summed E-state index contributed by atoms with van der Waals surface area (Å²) in [5.41, 5.74) is 6.09. The first-order valence-corrected chi connectivity index (χ1v) is 7.56. The fourth-order valence-electron chi connectivity index (χ4n) is 1.46. The molecule has 6 heteroatoms. The Kier molecular flexibility index (Phi) is 8.10. The highest BCUT2D eigenvalue weighted by atomic mass is 32.2. The lowest BCUT2D eigenvalue weighted by Gasteiger charge is -2.12.